The molecule has 2 aromatic rings. The van der Waals surface area contributed by atoms with E-state index in [1.165, 1.54) is 27.9 Å². The lowest BCUT2D eigenvalue weighted by Gasteiger charge is -2.07. The molecule has 0 bridgehead atoms. The van der Waals surface area contributed by atoms with Crippen molar-refractivity contribution in [3.63, 3.8) is 0 Å². The third kappa shape index (κ3) is 1.49. The molecule has 4 rings (SSSR count). The van der Waals surface area contributed by atoms with Gasteiger partial charge in [-0.3, -0.25) is 0 Å². The van der Waals surface area contributed by atoms with Crippen molar-refractivity contribution in [2.24, 2.45) is 0 Å². The molecule has 0 radical (unpaired) electrons. The van der Waals surface area contributed by atoms with E-state index in [4.69, 9.17) is 4.74 Å². The molecule has 2 aliphatic heterocycles. The molecule has 0 fully saturated rings. The Labute approximate surface area is 107 Å². The Bertz CT molecular complexity index is 563. The number of hydrogen-bond acceptors (Lipinski definition) is 2. The third-order valence-electron chi connectivity index (χ3n) is 3.84. The van der Waals surface area contributed by atoms with E-state index in [9.17, 15) is 0 Å². The van der Waals surface area contributed by atoms with E-state index in [2.05, 4.69) is 41.7 Å². The van der Waals surface area contributed by atoms with Crippen molar-refractivity contribution in [2.75, 3.05) is 18.5 Å². The van der Waals surface area contributed by atoms with Gasteiger partial charge >= 0.3 is 0 Å². The van der Waals surface area contributed by atoms with Crippen LogP contribution in [0, 0.1) is 0 Å². The quantitative estimate of drug-likeness (QED) is 0.822. The highest BCUT2D eigenvalue weighted by Gasteiger charge is 2.14. The van der Waals surface area contributed by atoms with Crippen molar-refractivity contribution in [3.05, 3.63) is 47.5 Å². The van der Waals surface area contributed by atoms with E-state index < -0.39 is 0 Å². The lowest BCUT2D eigenvalue weighted by molar-refractivity contribution is 0.357. The molecule has 0 atom stereocenters. The average molecular weight is 237 g/mol. The maximum absolute atomic E-state index is 5.55. The van der Waals surface area contributed by atoms with Crippen molar-refractivity contribution >= 4 is 5.69 Å². The van der Waals surface area contributed by atoms with Crippen molar-refractivity contribution in [3.8, 4) is 16.9 Å². The van der Waals surface area contributed by atoms with Gasteiger partial charge in [-0.05, 0) is 52.9 Å². The lowest BCUT2D eigenvalue weighted by Crippen LogP contribution is -1.90. The second-order valence-corrected chi connectivity index (χ2v) is 4.97. The van der Waals surface area contributed by atoms with Crippen LogP contribution >= 0.6 is 0 Å². The molecule has 0 amide bonds. The molecule has 2 heteroatoms. The molecule has 2 nitrogen and oxygen atoms in total. The van der Waals surface area contributed by atoms with Crippen LogP contribution in [0.25, 0.3) is 11.1 Å². The number of anilines is 1. The van der Waals surface area contributed by atoms with E-state index >= 15 is 0 Å². The van der Waals surface area contributed by atoms with E-state index in [1.807, 2.05) is 0 Å². The fraction of sp³-hybridized carbons (Fsp3) is 0.250. The van der Waals surface area contributed by atoms with Gasteiger partial charge in [0.25, 0.3) is 0 Å². The molecule has 0 aliphatic carbocycles. The molecule has 2 heterocycles. The molecule has 0 saturated carbocycles. The summed E-state index contributed by atoms with van der Waals surface area (Å²) in [5.74, 6) is 1.06. The van der Waals surface area contributed by atoms with Crippen molar-refractivity contribution in [1.29, 1.82) is 0 Å². The highest BCUT2D eigenvalue weighted by molar-refractivity contribution is 5.71. The Morgan fingerprint density at radius 2 is 1.72 bits per heavy atom. The highest BCUT2D eigenvalue weighted by atomic mass is 16.5. The van der Waals surface area contributed by atoms with Crippen LogP contribution in [0.4, 0.5) is 5.69 Å². The summed E-state index contributed by atoms with van der Waals surface area (Å²) in [5, 5.41) is 3.40. The second kappa shape index (κ2) is 3.77. The smallest absolute Gasteiger partial charge is 0.122 e. The van der Waals surface area contributed by atoms with Crippen LogP contribution in [0.5, 0.6) is 5.75 Å². The fourth-order valence-corrected chi connectivity index (χ4v) is 2.85. The minimum absolute atomic E-state index is 0.826. The summed E-state index contributed by atoms with van der Waals surface area (Å²) in [6.07, 6.45) is 2.17. The number of fused-ring (bicyclic) bond motifs is 2. The van der Waals surface area contributed by atoms with Crippen LogP contribution in [-0.4, -0.2) is 13.2 Å². The zero-order valence-electron chi connectivity index (χ0n) is 10.2. The molecule has 90 valence electrons. The molecule has 0 saturated heterocycles. The number of rotatable bonds is 1. The van der Waals surface area contributed by atoms with Crippen LogP contribution < -0.4 is 10.1 Å². The van der Waals surface area contributed by atoms with Crippen LogP contribution in [-0.2, 0) is 12.8 Å². The summed E-state index contributed by atoms with van der Waals surface area (Å²) < 4.78 is 5.55. The van der Waals surface area contributed by atoms with Gasteiger partial charge in [-0.1, -0.05) is 12.1 Å². The minimum atomic E-state index is 0.826. The molecule has 2 aliphatic rings. The van der Waals surface area contributed by atoms with E-state index in [-0.39, 0.29) is 0 Å². The Balaban J connectivity index is 1.78. The van der Waals surface area contributed by atoms with Crippen molar-refractivity contribution in [2.45, 2.75) is 12.8 Å². The summed E-state index contributed by atoms with van der Waals surface area (Å²) >= 11 is 0. The van der Waals surface area contributed by atoms with E-state index in [0.29, 0.717) is 0 Å². The maximum Gasteiger partial charge on any atom is 0.122 e. The van der Waals surface area contributed by atoms with Gasteiger partial charge in [0.15, 0.2) is 0 Å². The number of hydrogen-bond donors (Lipinski definition) is 1. The summed E-state index contributed by atoms with van der Waals surface area (Å²) in [5.41, 5.74) is 6.68. The average Bonchev–Trinajstić information content (AvgIpc) is 3.05. The molecule has 0 spiro atoms. The maximum atomic E-state index is 5.55. The lowest BCUT2D eigenvalue weighted by atomic mass is 9.99. The second-order valence-electron chi connectivity index (χ2n) is 4.97. The van der Waals surface area contributed by atoms with Gasteiger partial charge in [-0.2, -0.15) is 0 Å². The standard InChI is InChI=1S/C16H15NO/c1-3-15-13(5-7-17-15)9-11(1)12-2-4-16-14(10-12)6-8-18-16/h1-4,9-10,17H,5-8H2. The van der Waals surface area contributed by atoms with Gasteiger partial charge in [0.1, 0.15) is 5.75 Å². The number of nitrogens with one attached hydrogen (secondary N) is 1. The Morgan fingerprint density at radius 3 is 2.67 bits per heavy atom. The Kier molecular flexibility index (Phi) is 2.10. The molecule has 18 heavy (non-hydrogen) atoms. The summed E-state index contributed by atoms with van der Waals surface area (Å²) in [7, 11) is 0. The predicted molar refractivity (Wildman–Crippen MR) is 73.3 cm³/mol. The highest BCUT2D eigenvalue weighted by Crippen LogP contribution is 2.33. The first-order valence-corrected chi connectivity index (χ1v) is 6.53. The van der Waals surface area contributed by atoms with Gasteiger partial charge < -0.3 is 10.1 Å². The first-order valence-electron chi connectivity index (χ1n) is 6.53. The molecular formula is C16H15NO. The van der Waals surface area contributed by atoms with Gasteiger partial charge in [0.2, 0.25) is 0 Å². The SMILES string of the molecule is c1cc2c(cc1-c1ccc3c(c1)CCO3)CCN2. The van der Waals surface area contributed by atoms with Crippen LogP contribution in [0.3, 0.4) is 0 Å². The van der Waals surface area contributed by atoms with E-state index in [1.54, 1.807) is 0 Å². The molecule has 2 aromatic carbocycles. The van der Waals surface area contributed by atoms with Gasteiger partial charge in [-0.15, -0.1) is 0 Å². The zero-order chi connectivity index (χ0) is 11.9. The topological polar surface area (TPSA) is 21.3 Å². The summed E-state index contributed by atoms with van der Waals surface area (Å²) in [6.45, 7) is 1.89. The Hall–Kier alpha value is -1.96. The normalized spacial score (nSPS) is 15.8. The van der Waals surface area contributed by atoms with E-state index in [0.717, 1.165) is 31.7 Å². The monoisotopic (exact) mass is 237 g/mol. The number of ether oxygens (including phenoxy) is 1. The summed E-state index contributed by atoms with van der Waals surface area (Å²) in [6, 6.07) is 13.2. The first kappa shape index (κ1) is 10.0. The van der Waals surface area contributed by atoms with Crippen molar-refractivity contribution < 1.29 is 4.74 Å². The van der Waals surface area contributed by atoms with Gasteiger partial charge in [-0.25, -0.2) is 0 Å². The number of benzene rings is 2. The van der Waals surface area contributed by atoms with Gasteiger partial charge in [0.05, 0.1) is 6.61 Å². The fourth-order valence-electron chi connectivity index (χ4n) is 2.85. The predicted octanol–water partition coefficient (Wildman–Crippen LogP) is 3.26. The molecule has 0 aromatic heterocycles. The first-order chi connectivity index (χ1) is 8.90. The largest absolute Gasteiger partial charge is 0.493 e. The van der Waals surface area contributed by atoms with Crippen LogP contribution in [0.2, 0.25) is 0 Å². The minimum Gasteiger partial charge on any atom is -0.493 e. The zero-order valence-corrected chi connectivity index (χ0v) is 10.2. The third-order valence-corrected chi connectivity index (χ3v) is 3.84. The Morgan fingerprint density at radius 1 is 0.889 bits per heavy atom. The van der Waals surface area contributed by atoms with Crippen LogP contribution in [0.1, 0.15) is 11.1 Å². The van der Waals surface area contributed by atoms with Crippen molar-refractivity contribution in [1.82, 2.24) is 0 Å². The van der Waals surface area contributed by atoms with Gasteiger partial charge in [0, 0.05) is 18.7 Å². The molecular weight excluding hydrogens is 222 g/mol. The summed E-state index contributed by atoms with van der Waals surface area (Å²) in [4.78, 5) is 0. The molecule has 1 N–H and O–H groups in total. The van der Waals surface area contributed by atoms with Crippen LogP contribution in [0.15, 0.2) is 36.4 Å². The molecule has 0 unspecified atom stereocenters.